The van der Waals surface area contributed by atoms with Gasteiger partial charge in [-0.3, -0.25) is 4.79 Å². The molecule has 21 heavy (non-hydrogen) atoms. The highest BCUT2D eigenvalue weighted by atomic mass is 16.5. The topological polar surface area (TPSA) is 59.6 Å². The molecule has 0 bridgehead atoms. The molecule has 1 saturated heterocycles. The number of carbonyl (C=O) groups is 1. The third-order valence-electron chi connectivity index (χ3n) is 3.45. The van der Waals surface area contributed by atoms with E-state index in [4.69, 9.17) is 9.47 Å². The van der Waals surface area contributed by atoms with Gasteiger partial charge in [0.1, 0.15) is 12.4 Å². The highest BCUT2D eigenvalue weighted by Crippen LogP contribution is 2.18. The Bertz CT molecular complexity index is 445. The van der Waals surface area contributed by atoms with Crippen LogP contribution in [0.3, 0.4) is 0 Å². The lowest BCUT2D eigenvalue weighted by Crippen LogP contribution is -2.45. The first kappa shape index (κ1) is 15.8. The van der Waals surface area contributed by atoms with Gasteiger partial charge < -0.3 is 20.1 Å². The van der Waals surface area contributed by atoms with Gasteiger partial charge in [0.2, 0.25) is 0 Å². The number of piperidine rings is 1. The molecule has 1 unspecified atom stereocenters. The van der Waals surface area contributed by atoms with Gasteiger partial charge in [0.25, 0.3) is 5.91 Å². The number of nitrogens with one attached hydrogen (secondary N) is 2. The van der Waals surface area contributed by atoms with Gasteiger partial charge in [0.05, 0.1) is 12.2 Å². The number of rotatable bonds is 7. The van der Waals surface area contributed by atoms with Gasteiger partial charge in [0.15, 0.2) is 0 Å². The second-order valence-corrected chi connectivity index (χ2v) is 5.06. The number of carbonyl (C=O) groups excluding carboxylic acids is 1. The molecule has 1 atom stereocenters. The molecular formula is C16H24N2O3. The molecule has 1 fully saturated rings. The highest BCUT2D eigenvalue weighted by Gasteiger charge is 2.18. The highest BCUT2D eigenvalue weighted by molar-refractivity contribution is 5.97. The van der Waals surface area contributed by atoms with Crippen LogP contribution in [0.2, 0.25) is 0 Å². The quantitative estimate of drug-likeness (QED) is 0.749. The van der Waals surface area contributed by atoms with E-state index in [9.17, 15) is 4.79 Å². The van der Waals surface area contributed by atoms with E-state index in [2.05, 4.69) is 10.6 Å². The molecule has 1 aromatic carbocycles. The zero-order valence-electron chi connectivity index (χ0n) is 12.6. The molecule has 1 aliphatic rings. The number of hydrogen-bond acceptors (Lipinski definition) is 4. The zero-order valence-corrected chi connectivity index (χ0v) is 12.6. The minimum Gasteiger partial charge on any atom is -0.490 e. The number of benzene rings is 1. The fraction of sp³-hybridized carbons (Fsp3) is 0.562. The van der Waals surface area contributed by atoms with Gasteiger partial charge in [0, 0.05) is 19.2 Å². The molecule has 1 amide bonds. The summed E-state index contributed by atoms with van der Waals surface area (Å²) < 4.78 is 10.9. The third kappa shape index (κ3) is 5.02. The Kier molecular flexibility index (Phi) is 6.50. The SMILES string of the molecule is CCOCCOc1ccccc1C(=O)NC1CCCNC1. The first-order chi connectivity index (χ1) is 10.3. The van der Waals surface area contributed by atoms with Crippen LogP contribution < -0.4 is 15.4 Å². The smallest absolute Gasteiger partial charge is 0.255 e. The van der Waals surface area contributed by atoms with Crippen molar-refractivity contribution in [3.63, 3.8) is 0 Å². The maximum atomic E-state index is 12.4. The molecule has 0 saturated carbocycles. The minimum atomic E-state index is -0.0734. The number of amides is 1. The van der Waals surface area contributed by atoms with Crippen molar-refractivity contribution >= 4 is 5.91 Å². The van der Waals surface area contributed by atoms with Gasteiger partial charge in [-0.05, 0) is 38.4 Å². The minimum absolute atomic E-state index is 0.0734. The van der Waals surface area contributed by atoms with Gasteiger partial charge in [-0.15, -0.1) is 0 Å². The predicted octanol–water partition coefficient (Wildman–Crippen LogP) is 1.58. The van der Waals surface area contributed by atoms with Crippen molar-refractivity contribution in [2.75, 3.05) is 32.9 Å². The molecule has 0 aromatic heterocycles. The molecular weight excluding hydrogens is 268 g/mol. The second kappa shape index (κ2) is 8.64. The van der Waals surface area contributed by atoms with E-state index in [1.807, 2.05) is 25.1 Å². The summed E-state index contributed by atoms with van der Waals surface area (Å²) in [6.07, 6.45) is 2.11. The van der Waals surface area contributed by atoms with Crippen LogP contribution in [0, 0.1) is 0 Å². The lowest BCUT2D eigenvalue weighted by atomic mass is 10.1. The first-order valence-corrected chi connectivity index (χ1v) is 7.62. The molecule has 5 nitrogen and oxygen atoms in total. The Hall–Kier alpha value is -1.59. The van der Waals surface area contributed by atoms with E-state index in [0.717, 1.165) is 25.9 Å². The van der Waals surface area contributed by atoms with Crippen molar-refractivity contribution in [1.82, 2.24) is 10.6 Å². The Morgan fingerprint density at radius 2 is 2.24 bits per heavy atom. The van der Waals surface area contributed by atoms with Crippen molar-refractivity contribution in [2.24, 2.45) is 0 Å². The summed E-state index contributed by atoms with van der Waals surface area (Å²) in [4.78, 5) is 12.4. The zero-order chi connectivity index (χ0) is 14.9. The largest absolute Gasteiger partial charge is 0.490 e. The van der Waals surface area contributed by atoms with Crippen LogP contribution in [0.4, 0.5) is 0 Å². The molecule has 1 aliphatic heterocycles. The van der Waals surface area contributed by atoms with E-state index in [-0.39, 0.29) is 11.9 Å². The summed E-state index contributed by atoms with van der Waals surface area (Å²) >= 11 is 0. The normalized spacial score (nSPS) is 18.2. The van der Waals surface area contributed by atoms with E-state index in [1.54, 1.807) is 6.07 Å². The van der Waals surface area contributed by atoms with Gasteiger partial charge in [-0.25, -0.2) is 0 Å². The summed E-state index contributed by atoms with van der Waals surface area (Å²) in [5.74, 6) is 0.536. The monoisotopic (exact) mass is 292 g/mol. The third-order valence-corrected chi connectivity index (χ3v) is 3.45. The molecule has 5 heteroatoms. The number of ether oxygens (including phenoxy) is 2. The van der Waals surface area contributed by atoms with Crippen LogP contribution in [-0.2, 0) is 4.74 Å². The van der Waals surface area contributed by atoms with Crippen LogP contribution in [0.15, 0.2) is 24.3 Å². The molecule has 0 aliphatic carbocycles. The maximum absolute atomic E-state index is 12.4. The Morgan fingerprint density at radius 3 is 3.00 bits per heavy atom. The van der Waals surface area contributed by atoms with Gasteiger partial charge >= 0.3 is 0 Å². The van der Waals surface area contributed by atoms with E-state index >= 15 is 0 Å². The van der Waals surface area contributed by atoms with Crippen molar-refractivity contribution in [1.29, 1.82) is 0 Å². The van der Waals surface area contributed by atoms with Crippen molar-refractivity contribution in [2.45, 2.75) is 25.8 Å². The summed E-state index contributed by atoms with van der Waals surface area (Å²) in [6.45, 7) is 5.45. The Morgan fingerprint density at radius 1 is 1.38 bits per heavy atom. The molecule has 1 heterocycles. The average molecular weight is 292 g/mol. The van der Waals surface area contributed by atoms with Gasteiger partial charge in [-0.1, -0.05) is 12.1 Å². The summed E-state index contributed by atoms with van der Waals surface area (Å²) in [5.41, 5.74) is 0.583. The van der Waals surface area contributed by atoms with Crippen LogP contribution in [0.1, 0.15) is 30.1 Å². The van der Waals surface area contributed by atoms with Crippen molar-refractivity contribution in [3.05, 3.63) is 29.8 Å². The summed E-state index contributed by atoms with van der Waals surface area (Å²) in [5, 5.41) is 6.36. The number of para-hydroxylation sites is 1. The van der Waals surface area contributed by atoms with Crippen LogP contribution in [0.25, 0.3) is 0 Å². The van der Waals surface area contributed by atoms with Crippen molar-refractivity contribution in [3.8, 4) is 5.75 Å². The van der Waals surface area contributed by atoms with Crippen LogP contribution in [-0.4, -0.2) is 44.9 Å². The van der Waals surface area contributed by atoms with E-state index in [0.29, 0.717) is 31.1 Å². The van der Waals surface area contributed by atoms with Crippen molar-refractivity contribution < 1.29 is 14.3 Å². The molecule has 0 radical (unpaired) electrons. The van der Waals surface area contributed by atoms with E-state index < -0.39 is 0 Å². The Labute approximate surface area is 126 Å². The second-order valence-electron chi connectivity index (χ2n) is 5.06. The molecule has 1 aromatic rings. The lowest BCUT2D eigenvalue weighted by Gasteiger charge is -2.24. The first-order valence-electron chi connectivity index (χ1n) is 7.62. The Balaban J connectivity index is 1.92. The maximum Gasteiger partial charge on any atom is 0.255 e. The number of hydrogen-bond donors (Lipinski definition) is 2. The molecule has 2 N–H and O–H groups in total. The fourth-order valence-electron chi connectivity index (χ4n) is 2.37. The predicted molar refractivity (Wildman–Crippen MR) is 81.8 cm³/mol. The van der Waals surface area contributed by atoms with Gasteiger partial charge in [-0.2, -0.15) is 0 Å². The van der Waals surface area contributed by atoms with Crippen LogP contribution >= 0.6 is 0 Å². The summed E-state index contributed by atoms with van der Waals surface area (Å²) in [6, 6.07) is 7.53. The van der Waals surface area contributed by atoms with Crippen LogP contribution in [0.5, 0.6) is 5.75 Å². The molecule has 2 rings (SSSR count). The lowest BCUT2D eigenvalue weighted by molar-refractivity contribution is 0.0915. The standard InChI is InChI=1S/C16H24N2O3/c1-2-20-10-11-21-15-8-4-3-7-14(15)16(19)18-13-6-5-9-17-12-13/h3-4,7-8,13,17H,2,5-6,9-12H2,1H3,(H,18,19). The summed E-state index contributed by atoms with van der Waals surface area (Å²) in [7, 11) is 0. The molecule has 116 valence electrons. The molecule has 0 spiro atoms. The fourth-order valence-corrected chi connectivity index (χ4v) is 2.37. The van der Waals surface area contributed by atoms with E-state index in [1.165, 1.54) is 0 Å². The average Bonchev–Trinajstić information content (AvgIpc) is 2.53.